The third-order valence-corrected chi connectivity index (χ3v) is 4.12. The molecule has 2 rings (SSSR count). The van der Waals surface area contributed by atoms with E-state index in [0.717, 1.165) is 6.42 Å². The highest BCUT2D eigenvalue weighted by molar-refractivity contribution is 14.1. The second-order valence-electron chi connectivity index (χ2n) is 5.26. The van der Waals surface area contributed by atoms with E-state index in [9.17, 15) is 0 Å². The number of benzene rings is 2. The van der Waals surface area contributed by atoms with E-state index in [-0.39, 0.29) is 6.04 Å². The molecule has 0 aliphatic carbocycles. The summed E-state index contributed by atoms with van der Waals surface area (Å²) in [5.74, 6) is 0.571. The van der Waals surface area contributed by atoms with Crippen LogP contribution in [-0.2, 0) is 6.42 Å². The van der Waals surface area contributed by atoms with Gasteiger partial charge in [-0.2, -0.15) is 0 Å². The molecule has 2 aromatic rings. The van der Waals surface area contributed by atoms with Crippen molar-refractivity contribution in [2.75, 3.05) is 0 Å². The van der Waals surface area contributed by atoms with E-state index in [1.807, 2.05) is 0 Å². The van der Waals surface area contributed by atoms with E-state index in [1.165, 1.54) is 20.3 Å². The Morgan fingerprint density at radius 3 is 1.95 bits per heavy atom. The van der Waals surface area contributed by atoms with Crippen molar-refractivity contribution in [1.82, 2.24) is 0 Å². The van der Waals surface area contributed by atoms with E-state index in [2.05, 4.69) is 85.0 Å². The smallest absolute Gasteiger partial charge is 0.0335 e. The summed E-state index contributed by atoms with van der Waals surface area (Å²) in [6.45, 7) is 4.42. The molecule has 0 bridgehead atoms. The third kappa shape index (κ3) is 4.05. The van der Waals surface area contributed by atoms with E-state index < -0.39 is 0 Å². The number of nitrogens with two attached hydrogens (primary N) is 1. The zero-order valence-corrected chi connectivity index (χ0v) is 13.6. The summed E-state index contributed by atoms with van der Waals surface area (Å²) >= 11 is 2.32. The predicted octanol–water partition coefficient (Wildman–Crippen LogP) is 4.66. The molecule has 2 aromatic carbocycles. The van der Waals surface area contributed by atoms with Crippen LogP contribution in [0, 0.1) is 3.57 Å². The van der Waals surface area contributed by atoms with Gasteiger partial charge in [0.25, 0.3) is 0 Å². The van der Waals surface area contributed by atoms with Gasteiger partial charge < -0.3 is 5.73 Å². The number of hydrogen-bond acceptors (Lipinski definition) is 1. The van der Waals surface area contributed by atoms with Crippen molar-refractivity contribution in [2.24, 2.45) is 5.73 Å². The highest BCUT2D eigenvalue weighted by atomic mass is 127. The van der Waals surface area contributed by atoms with Crippen LogP contribution in [0.25, 0.3) is 0 Å². The maximum atomic E-state index is 6.29. The Hall–Kier alpha value is -0.870. The molecule has 0 saturated heterocycles. The molecule has 0 aliphatic heterocycles. The maximum absolute atomic E-state index is 6.29. The van der Waals surface area contributed by atoms with Crippen LogP contribution in [0.15, 0.2) is 48.5 Å². The van der Waals surface area contributed by atoms with Gasteiger partial charge in [0.1, 0.15) is 0 Å². The molecule has 1 atom stereocenters. The molecule has 19 heavy (non-hydrogen) atoms. The highest BCUT2D eigenvalue weighted by Crippen LogP contribution is 2.20. The molecule has 2 heteroatoms. The average Bonchev–Trinajstić information content (AvgIpc) is 2.41. The third-order valence-electron chi connectivity index (χ3n) is 3.40. The monoisotopic (exact) mass is 365 g/mol. The van der Waals surface area contributed by atoms with Gasteiger partial charge in [-0.05, 0) is 63.8 Å². The lowest BCUT2D eigenvalue weighted by atomic mass is 9.96. The lowest BCUT2D eigenvalue weighted by Gasteiger charge is -2.14. The number of hydrogen-bond donors (Lipinski definition) is 1. The minimum atomic E-state index is 0.0706. The molecule has 0 radical (unpaired) electrons. The van der Waals surface area contributed by atoms with Crippen LogP contribution in [0.5, 0.6) is 0 Å². The summed E-state index contributed by atoms with van der Waals surface area (Å²) in [7, 11) is 0. The average molecular weight is 365 g/mol. The first-order chi connectivity index (χ1) is 9.06. The number of halogens is 1. The van der Waals surface area contributed by atoms with Gasteiger partial charge in [-0.3, -0.25) is 0 Å². The molecule has 0 aromatic heterocycles. The van der Waals surface area contributed by atoms with Crippen molar-refractivity contribution in [2.45, 2.75) is 32.2 Å². The van der Waals surface area contributed by atoms with Crippen LogP contribution in [0.4, 0.5) is 0 Å². The Morgan fingerprint density at radius 1 is 0.895 bits per heavy atom. The van der Waals surface area contributed by atoms with Crippen LogP contribution in [0.1, 0.15) is 42.5 Å². The molecule has 100 valence electrons. The molecule has 2 N–H and O–H groups in total. The van der Waals surface area contributed by atoms with Crippen molar-refractivity contribution >= 4 is 22.6 Å². The van der Waals surface area contributed by atoms with E-state index in [4.69, 9.17) is 5.73 Å². The molecule has 0 fully saturated rings. The summed E-state index contributed by atoms with van der Waals surface area (Å²) in [5, 5.41) is 0. The minimum Gasteiger partial charge on any atom is -0.324 e. The van der Waals surface area contributed by atoms with Gasteiger partial charge in [0.15, 0.2) is 0 Å². The zero-order chi connectivity index (χ0) is 13.8. The highest BCUT2D eigenvalue weighted by Gasteiger charge is 2.08. The first kappa shape index (κ1) is 14.5. The van der Waals surface area contributed by atoms with Crippen LogP contribution >= 0.6 is 22.6 Å². The minimum absolute atomic E-state index is 0.0706. The molecule has 0 spiro atoms. The summed E-state index contributed by atoms with van der Waals surface area (Å²) < 4.78 is 1.26. The largest absolute Gasteiger partial charge is 0.324 e. The predicted molar refractivity (Wildman–Crippen MR) is 90.3 cm³/mol. The van der Waals surface area contributed by atoms with E-state index >= 15 is 0 Å². The lowest BCUT2D eigenvalue weighted by Crippen LogP contribution is -2.13. The van der Waals surface area contributed by atoms with Crippen molar-refractivity contribution in [1.29, 1.82) is 0 Å². The van der Waals surface area contributed by atoms with E-state index in [1.54, 1.807) is 0 Å². The SMILES string of the molecule is CC(C)c1ccc(C(N)Cc2ccc(I)cc2)cc1. The lowest BCUT2D eigenvalue weighted by molar-refractivity contribution is 0.720. The Labute approximate surface area is 129 Å². The van der Waals surface area contributed by atoms with Gasteiger partial charge in [0.2, 0.25) is 0 Å². The molecule has 1 unspecified atom stereocenters. The van der Waals surface area contributed by atoms with Gasteiger partial charge in [0.05, 0.1) is 0 Å². The van der Waals surface area contributed by atoms with Crippen molar-refractivity contribution in [3.63, 3.8) is 0 Å². The topological polar surface area (TPSA) is 26.0 Å². The fourth-order valence-electron chi connectivity index (χ4n) is 2.12. The van der Waals surface area contributed by atoms with Gasteiger partial charge >= 0.3 is 0 Å². The van der Waals surface area contributed by atoms with Crippen LogP contribution in [0.2, 0.25) is 0 Å². The van der Waals surface area contributed by atoms with Crippen molar-refractivity contribution in [3.05, 3.63) is 68.8 Å². The Bertz CT molecular complexity index is 514. The zero-order valence-electron chi connectivity index (χ0n) is 11.4. The van der Waals surface area contributed by atoms with Crippen molar-refractivity contribution < 1.29 is 0 Å². The normalized spacial score (nSPS) is 12.7. The Balaban J connectivity index is 2.07. The Morgan fingerprint density at radius 2 is 1.42 bits per heavy atom. The molecule has 0 heterocycles. The molecular formula is C17H20IN. The summed E-state index contributed by atoms with van der Waals surface area (Å²) in [6, 6.07) is 17.3. The second-order valence-corrected chi connectivity index (χ2v) is 6.50. The second kappa shape index (κ2) is 6.53. The summed E-state index contributed by atoms with van der Waals surface area (Å²) in [6.07, 6.45) is 0.887. The van der Waals surface area contributed by atoms with Crippen LogP contribution in [-0.4, -0.2) is 0 Å². The van der Waals surface area contributed by atoms with E-state index in [0.29, 0.717) is 5.92 Å². The van der Waals surface area contributed by atoms with Crippen LogP contribution in [0.3, 0.4) is 0 Å². The molecule has 0 saturated carbocycles. The Kier molecular flexibility index (Phi) is 4.99. The first-order valence-electron chi connectivity index (χ1n) is 6.66. The van der Waals surface area contributed by atoms with Gasteiger partial charge in [0, 0.05) is 9.61 Å². The maximum Gasteiger partial charge on any atom is 0.0335 e. The molecule has 0 aliphatic rings. The standard InChI is InChI=1S/C17H20IN/c1-12(2)14-5-7-15(8-6-14)17(19)11-13-3-9-16(18)10-4-13/h3-10,12,17H,11,19H2,1-2H3. The van der Waals surface area contributed by atoms with Gasteiger partial charge in [-0.25, -0.2) is 0 Å². The summed E-state index contributed by atoms with van der Waals surface area (Å²) in [5.41, 5.74) is 10.2. The van der Waals surface area contributed by atoms with Crippen molar-refractivity contribution in [3.8, 4) is 0 Å². The van der Waals surface area contributed by atoms with Crippen LogP contribution < -0.4 is 5.73 Å². The summed E-state index contributed by atoms with van der Waals surface area (Å²) in [4.78, 5) is 0. The fraction of sp³-hybridized carbons (Fsp3) is 0.294. The number of rotatable bonds is 4. The van der Waals surface area contributed by atoms with Gasteiger partial charge in [-0.1, -0.05) is 50.2 Å². The first-order valence-corrected chi connectivity index (χ1v) is 7.74. The molecule has 1 nitrogen and oxygen atoms in total. The quantitative estimate of drug-likeness (QED) is 0.784. The fourth-order valence-corrected chi connectivity index (χ4v) is 2.48. The molecular weight excluding hydrogens is 345 g/mol. The molecule has 0 amide bonds. The van der Waals surface area contributed by atoms with Gasteiger partial charge in [-0.15, -0.1) is 0 Å².